The van der Waals surface area contributed by atoms with Crippen LogP contribution >= 0.6 is 11.8 Å². The number of amides is 2. The van der Waals surface area contributed by atoms with E-state index in [1.807, 2.05) is 43.6 Å². The molecular formula is C20H20N4O3S. The summed E-state index contributed by atoms with van der Waals surface area (Å²) in [7, 11) is 3.46. The number of benzene rings is 1. The molecule has 3 heterocycles. The van der Waals surface area contributed by atoms with Crippen molar-refractivity contribution in [1.29, 1.82) is 0 Å². The van der Waals surface area contributed by atoms with Gasteiger partial charge in [-0.25, -0.2) is 0 Å². The van der Waals surface area contributed by atoms with Crippen LogP contribution in [0.4, 0.5) is 0 Å². The van der Waals surface area contributed by atoms with E-state index in [4.69, 9.17) is 4.74 Å². The standard InChI is InChI=1S/C20H20N4O3S/c1-24-10-8-14-15(7-9-21-18(25)16(14)24)17-19(26)23-20(28-17)22-11-12-3-5-13(27-2)6-4-12/h3-6,8,10H,7,9,11H2,1-2H3,(H,21,25)(H,22,23,26)/b17-15-. The lowest BCUT2D eigenvalue weighted by Crippen LogP contribution is -2.24. The largest absolute Gasteiger partial charge is 0.497 e. The van der Waals surface area contributed by atoms with Gasteiger partial charge in [-0.05, 0) is 47.5 Å². The minimum Gasteiger partial charge on any atom is -0.497 e. The number of thioether (sulfide) groups is 1. The molecule has 8 heteroatoms. The molecule has 28 heavy (non-hydrogen) atoms. The van der Waals surface area contributed by atoms with Gasteiger partial charge in [0.05, 0.1) is 18.6 Å². The van der Waals surface area contributed by atoms with Gasteiger partial charge < -0.3 is 19.9 Å². The summed E-state index contributed by atoms with van der Waals surface area (Å²) >= 11 is 1.33. The Morgan fingerprint density at radius 3 is 2.71 bits per heavy atom. The summed E-state index contributed by atoms with van der Waals surface area (Å²) in [5, 5.41) is 6.30. The summed E-state index contributed by atoms with van der Waals surface area (Å²) in [6.07, 6.45) is 2.44. The van der Waals surface area contributed by atoms with E-state index in [9.17, 15) is 9.59 Å². The van der Waals surface area contributed by atoms with Gasteiger partial charge in [-0.3, -0.25) is 14.6 Å². The monoisotopic (exact) mass is 396 g/mol. The number of nitrogens with zero attached hydrogens (tertiary/aromatic N) is 2. The molecule has 0 spiro atoms. The lowest BCUT2D eigenvalue weighted by atomic mass is 10.0. The van der Waals surface area contributed by atoms with Crippen LogP contribution in [0.1, 0.15) is 28.0 Å². The third-order valence-electron chi connectivity index (χ3n) is 4.74. The van der Waals surface area contributed by atoms with Crippen molar-refractivity contribution in [2.75, 3.05) is 13.7 Å². The van der Waals surface area contributed by atoms with Crippen LogP contribution in [0.5, 0.6) is 5.75 Å². The molecule has 0 bridgehead atoms. The van der Waals surface area contributed by atoms with E-state index in [1.165, 1.54) is 11.8 Å². The molecule has 2 aromatic rings. The maximum atomic E-state index is 12.6. The Balaban J connectivity index is 1.60. The van der Waals surface area contributed by atoms with Crippen molar-refractivity contribution in [3.8, 4) is 5.75 Å². The van der Waals surface area contributed by atoms with Gasteiger partial charge in [0.1, 0.15) is 11.4 Å². The summed E-state index contributed by atoms with van der Waals surface area (Å²) in [4.78, 5) is 30.0. The Labute approximate surface area is 166 Å². The van der Waals surface area contributed by atoms with E-state index in [0.29, 0.717) is 35.3 Å². The fourth-order valence-electron chi connectivity index (χ4n) is 3.30. The fourth-order valence-corrected chi connectivity index (χ4v) is 4.24. The predicted octanol–water partition coefficient (Wildman–Crippen LogP) is 2.30. The highest BCUT2D eigenvalue weighted by molar-refractivity contribution is 8.18. The Morgan fingerprint density at radius 2 is 1.96 bits per heavy atom. The highest BCUT2D eigenvalue weighted by Gasteiger charge is 2.31. The highest BCUT2D eigenvalue weighted by Crippen LogP contribution is 2.36. The molecule has 1 fully saturated rings. The summed E-state index contributed by atoms with van der Waals surface area (Å²) in [5.74, 6) is 0.509. The molecule has 0 aliphatic carbocycles. The molecule has 0 radical (unpaired) electrons. The number of carbonyl (C=O) groups excluding carboxylic acids is 2. The third kappa shape index (κ3) is 3.43. The predicted molar refractivity (Wildman–Crippen MR) is 109 cm³/mol. The topological polar surface area (TPSA) is 84.7 Å². The molecule has 0 atom stereocenters. The number of ether oxygens (including phenoxy) is 1. The number of hydrogen-bond acceptors (Lipinski definition) is 5. The molecule has 0 saturated carbocycles. The molecule has 1 aromatic carbocycles. The second-order valence-electron chi connectivity index (χ2n) is 6.53. The average Bonchev–Trinajstić information content (AvgIpc) is 3.21. The van der Waals surface area contributed by atoms with Gasteiger partial charge in [0.25, 0.3) is 11.8 Å². The fraction of sp³-hybridized carbons (Fsp3) is 0.250. The number of amidine groups is 1. The van der Waals surface area contributed by atoms with Gasteiger partial charge in [0.15, 0.2) is 5.17 Å². The number of methoxy groups -OCH3 is 1. The SMILES string of the molecule is COc1ccc(CN=C2NC(=O)/C(=C3\CCNC(=O)c4c3ccn4C)S2)cc1. The quantitative estimate of drug-likeness (QED) is 0.780. The van der Waals surface area contributed by atoms with Crippen LogP contribution in [0.15, 0.2) is 46.4 Å². The Morgan fingerprint density at radius 1 is 1.18 bits per heavy atom. The van der Waals surface area contributed by atoms with Crippen molar-refractivity contribution in [2.24, 2.45) is 12.0 Å². The first-order chi connectivity index (χ1) is 13.6. The van der Waals surface area contributed by atoms with Crippen molar-refractivity contribution in [3.63, 3.8) is 0 Å². The van der Waals surface area contributed by atoms with Gasteiger partial charge in [0.2, 0.25) is 0 Å². The first kappa shape index (κ1) is 18.4. The van der Waals surface area contributed by atoms with E-state index < -0.39 is 0 Å². The minimum atomic E-state index is -0.169. The van der Waals surface area contributed by atoms with Crippen molar-refractivity contribution >= 4 is 34.3 Å². The van der Waals surface area contributed by atoms with Crippen molar-refractivity contribution in [3.05, 3.63) is 58.3 Å². The zero-order chi connectivity index (χ0) is 19.7. The molecule has 1 saturated heterocycles. The number of carbonyl (C=O) groups is 2. The maximum absolute atomic E-state index is 12.6. The van der Waals surface area contributed by atoms with Gasteiger partial charge in [-0.15, -0.1) is 0 Å². The van der Waals surface area contributed by atoms with Crippen LogP contribution < -0.4 is 15.4 Å². The van der Waals surface area contributed by atoms with Crippen molar-refractivity contribution in [2.45, 2.75) is 13.0 Å². The zero-order valence-electron chi connectivity index (χ0n) is 15.6. The number of nitrogens with one attached hydrogen (secondary N) is 2. The molecule has 1 aromatic heterocycles. The lowest BCUT2D eigenvalue weighted by molar-refractivity contribution is -0.115. The van der Waals surface area contributed by atoms with Gasteiger partial charge in [-0.1, -0.05) is 12.1 Å². The normalized spacial score (nSPS) is 20.6. The number of hydrogen-bond donors (Lipinski definition) is 2. The Bertz CT molecular complexity index is 1000. The molecule has 4 rings (SSSR count). The molecule has 2 amide bonds. The molecule has 2 N–H and O–H groups in total. The van der Waals surface area contributed by atoms with Gasteiger partial charge in [-0.2, -0.15) is 0 Å². The smallest absolute Gasteiger partial charge is 0.268 e. The molecule has 2 aliphatic heterocycles. The van der Waals surface area contributed by atoms with Gasteiger partial charge in [0, 0.05) is 25.4 Å². The first-order valence-corrected chi connectivity index (χ1v) is 9.72. The zero-order valence-corrected chi connectivity index (χ0v) is 16.4. The first-order valence-electron chi connectivity index (χ1n) is 8.90. The lowest BCUT2D eigenvalue weighted by Gasteiger charge is -2.06. The van der Waals surface area contributed by atoms with Crippen molar-refractivity contribution < 1.29 is 14.3 Å². The Hall–Kier alpha value is -3.00. The van der Waals surface area contributed by atoms with Gasteiger partial charge >= 0.3 is 0 Å². The molecule has 2 aliphatic rings. The number of aromatic nitrogens is 1. The molecule has 144 valence electrons. The van der Waals surface area contributed by atoms with E-state index >= 15 is 0 Å². The van der Waals surface area contributed by atoms with E-state index in [1.54, 1.807) is 11.7 Å². The molecule has 7 nitrogen and oxygen atoms in total. The van der Waals surface area contributed by atoms with Crippen LogP contribution in [-0.4, -0.2) is 35.2 Å². The second-order valence-corrected chi connectivity index (χ2v) is 7.53. The summed E-state index contributed by atoms with van der Waals surface area (Å²) < 4.78 is 6.94. The highest BCUT2D eigenvalue weighted by atomic mass is 32.2. The number of aryl methyl sites for hydroxylation is 1. The number of rotatable bonds is 3. The summed E-state index contributed by atoms with van der Waals surface area (Å²) in [6, 6.07) is 9.56. The minimum absolute atomic E-state index is 0.116. The number of fused-ring (bicyclic) bond motifs is 1. The van der Waals surface area contributed by atoms with E-state index in [0.717, 1.165) is 22.4 Å². The van der Waals surface area contributed by atoms with Crippen LogP contribution in [0, 0.1) is 0 Å². The van der Waals surface area contributed by atoms with Crippen LogP contribution in [0.2, 0.25) is 0 Å². The molecular weight excluding hydrogens is 376 g/mol. The van der Waals surface area contributed by atoms with Crippen molar-refractivity contribution in [1.82, 2.24) is 15.2 Å². The van der Waals surface area contributed by atoms with Crippen LogP contribution in [0.3, 0.4) is 0 Å². The average molecular weight is 396 g/mol. The maximum Gasteiger partial charge on any atom is 0.268 e. The summed E-state index contributed by atoms with van der Waals surface area (Å²) in [5.41, 5.74) is 3.30. The van der Waals surface area contributed by atoms with Crippen LogP contribution in [0.25, 0.3) is 5.57 Å². The van der Waals surface area contributed by atoms with E-state index in [2.05, 4.69) is 15.6 Å². The van der Waals surface area contributed by atoms with Crippen LogP contribution in [-0.2, 0) is 18.4 Å². The second kappa shape index (κ2) is 7.55. The summed E-state index contributed by atoms with van der Waals surface area (Å²) in [6.45, 7) is 0.963. The van der Waals surface area contributed by atoms with E-state index in [-0.39, 0.29) is 11.8 Å². The third-order valence-corrected chi connectivity index (χ3v) is 5.80. The Kier molecular flexibility index (Phi) is 4.95. The molecule has 0 unspecified atom stereocenters. The number of aliphatic imine (C=N–C) groups is 1.